The van der Waals surface area contributed by atoms with Crippen molar-refractivity contribution in [2.75, 3.05) is 26.4 Å². The lowest BCUT2D eigenvalue weighted by Gasteiger charge is -2.20. The van der Waals surface area contributed by atoms with Gasteiger partial charge in [0.1, 0.15) is 23.0 Å². The molecule has 0 aliphatic rings. The van der Waals surface area contributed by atoms with Gasteiger partial charge in [0.05, 0.1) is 49.1 Å². The molecule has 316 valence electrons. The molecule has 0 heterocycles. The van der Waals surface area contributed by atoms with E-state index in [0.717, 1.165) is 36.8 Å². The standard InChI is InChI=1S/C48H52O12/c1-7-9-10-11-12-35-22-42(39-20-18-38(21-33(39)8-2)58-46(54)30(4)26-50)44(60-48(56)32(6)28-52)24-41(35)36-15-19-40(43(23-36)59-47(55)31(5)27-51)34-13-16-37(17-14-34)57-45(53)29(3)25-49/h13-24,29,49-52H,4-12,25-28H2,1-3H3. The topological polar surface area (TPSA) is 186 Å². The highest BCUT2D eigenvalue weighted by Gasteiger charge is 2.23. The van der Waals surface area contributed by atoms with Crippen molar-refractivity contribution in [2.45, 2.75) is 59.3 Å². The zero-order valence-corrected chi connectivity index (χ0v) is 34.3. The Bertz CT molecular complexity index is 2230. The lowest BCUT2D eigenvalue weighted by molar-refractivity contribution is -0.139. The smallest absolute Gasteiger partial charge is 0.341 e. The molecule has 0 aromatic heterocycles. The summed E-state index contributed by atoms with van der Waals surface area (Å²) in [6.07, 6.45) is 4.93. The quantitative estimate of drug-likeness (QED) is 0.0286. The number of aliphatic hydroxyl groups is 4. The van der Waals surface area contributed by atoms with Gasteiger partial charge in [0.15, 0.2) is 0 Å². The van der Waals surface area contributed by atoms with Crippen LogP contribution in [-0.2, 0) is 32.0 Å². The van der Waals surface area contributed by atoms with Crippen molar-refractivity contribution in [3.05, 3.63) is 120 Å². The normalized spacial score (nSPS) is 11.3. The molecule has 12 heteroatoms. The molecule has 0 saturated heterocycles. The van der Waals surface area contributed by atoms with Gasteiger partial charge in [0, 0.05) is 11.1 Å². The molecular formula is C48H52O12. The Hall–Kier alpha value is -6.18. The minimum Gasteiger partial charge on any atom is -0.426 e. The van der Waals surface area contributed by atoms with Crippen molar-refractivity contribution < 1.29 is 58.6 Å². The summed E-state index contributed by atoms with van der Waals surface area (Å²) in [6, 6.07) is 20.4. The maximum Gasteiger partial charge on any atom is 0.341 e. The lowest BCUT2D eigenvalue weighted by atomic mass is 9.88. The molecule has 4 aromatic rings. The maximum absolute atomic E-state index is 13.2. The van der Waals surface area contributed by atoms with Crippen LogP contribution in [0.2, 0.25) is 0 Å². The van der Waals surface area contributed by atoms with Crippen LogP contribution in [0.3, 0.4) is 0 Å². The minimum absolute atomic E-state index is 0.104. The van der Waals surface area contributed by atoms with Gasteiger partial charge in [0.2, 0.25) is 0 Å². The zero-order chi connectivity index (χ0) is 43.9. The average molecular weight is 821 g/mol. The Morgan fingerprint density at radius 1 is 0.550 bits per heavy atom. The average Bonchev–Trinajstić information content (AvgIpc) is 3.26. The molecule has 60 heavy (non-hydrogen) atoms. The molecule has 0 fully saturated rings. The first kappa shape index (κ1) is 46.5. The zero-order valence-electron chi connectivity index (χ0n) is 34.3. The third kappa shape index (κ3) is 12.0. The van der Waals surface area contributed by atoms with Gasteiger partial charge in [-0.2, -0.15) is 0 Å². The first-order valence-corrected chi connectivity index (χ1v) is 19.7. The van der Waals surface area contributed by atoms with Gasteiger partial charge in [-0.15, -0.1) is 0 Å². The molecule has 0 amide bonds. The van der Waals surface area contributed by atoms with Crippen molar-refractivity contribution in [3.8, 4) is 56.4 Å². The highest BCUT2D eigenvalue weighted by molar-refractivity contribution is 5.94. The summed E-state index contributed by atoms with van der Waals surface area (Å²) < 4.78 is 22.6. The number of carbonyl (C=O) groups is 4. The summed E-state index contributed by atoms with van der Waals surface area (Å²) in [5.41, 5.74) is 4.77. The molecule has 4 rings (SSSR count). The van der Waals surface area contributed by atoms with E-state index in [-0.39, 0.29) is 46.3 Å². The molecule has 0 aliphatic carbocycles. The van der Waals surface area contributed by atoms with E-state index in [1.807, 2.05) is 19.1 Å². The van der Waals surface area contributed by atoms with E-state index in [1.165, 1.54) is 0 Å². The van der Waals surface area contributed by atoms with Gasteiger partial charge in [-0.25, -0.2) is 14.4 Å². The Morgan fingerprint density at radius 3 is 1.67 bits per heavy atom. The van der Waals surface area contributed by atoms with Crippen molar-refractivity contribution in [2.24, 2.45) is 5.92 Å². The largest absolute Gasteiger partial charge is 0.426 e. The van der Waals surface area contributed by atoms with Gasteiger partial charge in [-0.05, 0) is 102 Å². The molecule has 12 nitrogen and oxygen atoms in total. The molecule has 0 saturated carbocycles. The number of hydrogen-bond donors (Lipinski definition) is 4. The van der Waals surface area contributed by atoms with Crippen molar-refractivity contribution in [1.82, 2.24) is 0 Å². The monoisotopic (exact) mass is 820 g/mol. The molecule has 4 N–H and O–H groups in total. The van der Waals surface area contributed by atoms with Gasteiger partial charge in [0.25, 0.3) is 0 Å². The van der Waals surface area contributed by atoms with E-state index in [4.69, 9.17) is 18.9 Å². The van der Waals surface area contributed by atoms with Gasteiger partial charge in [-0.1, -0.05) is 83.2 Å². The Kier molecular flexibility index (Phi) is 17.3. The summed E-state index contributed by atoms with van der Waals surface area (Å²) in [5.74, 6) is -3.02. The van der Waals surface area contributed by atoms with E-state index in [9.17, 15) is 39.6 Å². The van der Waals surface area contributed by atoms with Crippen LogP contribution in [0, 0.1) is 5.92 Å². The molecule has 4 aromatic carbocycles. The highest BCUT2D eigenvalue weighted by atomic mass is 16.5. The van der Waals surface area contributed by atoms with Crippen LogP contribution >= 0.6 is 0 Å². The van der Waals surface area contributed by atoms with Gasteiger partial charge in [-0.3, -0.25) is 4.79 Å². The van der Waals surface area contributed by atoms with Crippen LogP contribution in [0.15, 0.2) is 109 Å². The number of benzene rings is 4. The Morgan fingerprint density at radius 2 is 1.10 bits per heavy atom. The second-order valence-electron chi connectivity index (χ2n) is 14.2. The molecule has 1 atom stereocenters. The predicted molar refractivity (Wildman–Crippen MR) is 227 cm³/mol. The number of aliphatic hydroxyl groups excluding tert-OH is 4. The molecule has 0 radical (unpaired) electrons. The second-order valence-corrected chi connectivity index (χ2v) is 14.2. The summed E-state index contributed by atoms with van der Waals surface area (Å²) >= 11 is 0. The van der Waals surface area contributed by atoms with Crippen LogP contribution in [-0.4, -0.2) is 70.7 Å². The van der Waals surface area contributed by atoms with E-state index in [1.54, 1.807) is 67.6 Å². The third-order valence-electron chi connectivity index (χ3n) is 9.66. The first-order valence-electron chi connectivity index (χ1n) is 19.7. The van der Waals surface area contributed by atoms with Gasteiger partial charge < -0.3 is 39.4 Å². The number of carbonyl (C=O) groups excluding carboxylic acids is 4. The maximum atomic E-state index is 13.2. The van der Waals surface area contributed by atoms with Crippen LogP contribution in [0.4, 0.5) is 0 Å². The first-order chi connectivity index (χ1) is 28.8. The van der Waals surface area contributed by atoms with Crippen molar-refractivity contribution in [1.29, 1.82) is 0 Å². The third-order valence-corrected chi connectivity index (χ3v) is 9.66. The summed E-state index contributed by atoms with van der Waals surface area (Å²) in [6.45, 7) is 14.2. The van der Waals surface area contributed by atoms with E-state index >= 15 is 0 Å². The number of ether oxygens (including phenoxy) is 4. The Balaban J connectivity index is 1.94. The van der Waals surface area contributed by atoms with Gasteiger partial charge >= 0.3 is 23.9 Å². The van der Waals surface area contributed by atoms with Crippen LogP contribution < -0.4 is 18.9 Å². The van der Waals surface area contributed by atoms with Crippen molar-refractivity contribution >= 4 is 23.9 Å². The number of hydrogen-bond acceptors (Lipinski definition) is 12. The number of rotatable bonds is 21. The van der Waals surface area contributed by atoms with E-state index < -0.39 is 49.6 Å². The summed E-state index contributed by atoms with van der Waals surface area (Å²) in [7, 11) is 0. The molecule has 1 unspecified atom stereocenters. The van der Waals surface area contributed by atoms with E-state index in [2.05, 4.69) is 26.7 Å². The fourth-order valence-corrected chi connectivity index (χ4v) is 6.05. The SMILES string of the molecule is C=C(CO)C(=O)Oc1ccc(-c2cc(CCCCCC)c(-c3ccc(-c4ccc(OC(=O)C(C)CO)cc4)c(OC(=O)C(=C)CO)c3)cc2OC(=O)C(=C)CO)c(CC)c1. The summed E-state index contributed by atoms with van der Waals surface area (Å²) in [5, 5.41) is 38.1. The number of esters is 4. The van der Waals surface area contributed by atoms with Crippen molar-refractivity contribution in [3.63, 3.8) is 0 Å². The highest BCUT2D eigenvalue weighted by Crippen LogP contribution is 2.43. The van der Waals surface area contributed by atoms with Crippen LogP contribution in [0.25, 0.3) is 33.4 Å². The van der Waals surface area contributed by atoms with E-state index in [0.29, 0.717) is 46.2 Å². The molecule has 0 bridgehead atoms. The Labute approximate surface area is 350 Å². The molecule has 0 spiro atoms. The number of unbranched alkanes of at least 4 members (excludes halogenated alkanes) is 3. The fourth-order valence-electron chi connectivity index (χ4n) is 6.05. The summed E-state index contributed by atoms with van der Waals surface area (Å²) in [4.78, 5) is 51.0. The second kappa shape index (κ2) is 22.3. The predicted octanol–water partition coefficient (Wildman–Crippen LogP) is 7.27. The molecular weight excluding hydrogens is 769 g/mol. The number of aryl methyl sites for hydroxylation is 2. The van der Waals surface area contributed by atoms with Crippen LogP contribution in [0.1, 0.15) is 57.6 Å². The minimum atomic E-state index is -0.853. The fraction of sp³-hybridized carbons (Fsp3) is 0.292. The van der Waals surface area contributed by atoms with Crippen LogP contribution in [0.5, 0.6) is 23.0 Å². The molecule has 0 aliphatic heterocycles. The lowest BCUT2D eigenvalue weighted by Crippen LogP contribution is -2.20.